The first-order valence-corrected chi connectivity index (χ1v) is 12.2. The van der Waals surface area contributed by atoms with Crippen LogP contribution in [0.15, 0.2) is 57.7 Å². The van der Waals surface area contributed by atoms with Gasteiger partial charge in [0.15, 0.2) is 6.61 Å². The fourth-order valence-electron chi connectivity index (χ4n) is 5.50. The summed E-state index contributed by atoms with van der Waals surface area (Å²) in [5.74, 6) is 0.566. The van der Waals surface area contributed by atoms with E-state index in [1.165, 1.54) is 0 Å². The van der Waals surface area contributed by atoms with Gasteiger partial charge in [-0.05, 0) is 49.4 Å². The molecular weight excluding hydrogens is 430 g/mol. The zero-order valence-corrected chi connectivity index (χ0v) is 19.6. The van der Waals surface area contributed by atoms with Gasteiger partial charge in [0.2, 0.25) is 0 Å². The van der Waals surface area contributed by atoms with Crippen molar-refractivity contribution in [3.63, 3.8) is 0 Å². The summed E-state index contributed by atoms with van der Waals surface area (Å²) in [5, 5.41) is 11.7. The molecule has 0 spiro atoms. The van der Waals surface area contributed by atoms with Gasteiger partial charge in [-0.2, -0.15) is 0 Å². The highest BCUT2D eigenvalue weighted by Crippen LogP contribution is 2.39. The maximum Gasteiger partial charge on any atom is 0.340 e. The van der Waals surface area contributed by atoms with Gasteiger partial charge in [0, 0.05) is 42.4 Å². The highest BCUT2D eigenvalue weighted by atomic mass is 16.5. The van der Waals surface area contributed by atoms with Crippen LogP contribution in [0.4, 0.5) is 0 Å². The van der Waals surface area contributed by atoms with Gasteiger partial charge in [0.1, 0.15) is 11.3 Å². The van der Waals surface area contributed by atoms with Crippen LogP contribution in [0.5, 0.6) is 5.75 Å². The first-order valence-electron chi connectivity index (χ1n) is 12.2. The van der Waals surface area contributed by atoms with Crippen molar-refractivity contribution >= 4 is 16.9 Å². The minimum Gasteiger partial charge on any atom is -0.484 e. The Bertz CT molecular complexity index is 1250. The predicted octanol–water partition coefficient (Wildman–Crippen LogP) is 4.22. The number of fused-ring (bicyclic) bond motifs is 2. The Labute approximate surface area is 199 Å². The number of rotatable bonds is 5. The molecule has 1 amide bonds. The van der Waals surface area contributed by atoms with Crippen LogP contribution < -0.4 is 10.4 Å². The topological polar surface area (TPSA) is 80.0 Å². The SMILES string of the molecule is Cc1c(Cc2ccccc2)c(=O)oc2cc(OCC(=O)N3CC[C@]4(O)CCCC[C@@H]4C3)ccc12. The van der Waals surface area contributed by atoms with E-state index in [9.17, 15) is 14.7 Å². The number of carbonyl (C=O) groups is 1. The number of carbonyl (C=O) groups excluding carboxylic acids is 1. The molecule has 2 fully saturated rings. The molecule has 3 aromatic rings. The number of hydrogen-bond donors (Lipinski definition) is 1. The number of benzene rings is 2. The summed E-state index contributed by atoms with van der Waals surface area (Å²) < 4.78 is 11.4. The van der Waals surface area contributed by atoms with Crippen LogP contribution >= 0.6 is 0 Å². The number of aryl methyl sites for hydroxylation is 1. The summed E-state index contributed by atoms with van der Waals surface area (Å²) in [7, 11) is 0. The molecule has 0 radical (unpaired) electrons. The van der Waals surface area contributed by atoms with E-state index in [1.54, 1.807) is 6.07 Å². The Balaban J connectivity index is 1.27. The van der Waals surface area contributed by atoms with E-state index < -0.39 is 5.60 Å². The van der Waals surface area contributed by atoms with Gasteiger partial charge in [0.25, 0.3) is 5.91 Å². The number of ether oxygens (including phenoxy) is 1. The summed E-state index contributed by atoms with van der Waals surface area (Å²) >= 11 is 0. The van der Waals surface area contributed by atoms with Gasteiger partial charge in [-0.25, -0.2) is 4.79 Å². The van der Waals surface area contributed by atoms with Crippen LogP contribution in [-0.4, -0.2) is 41.2 Å². The van der Waals surface area contributed by atoms with Crippen LogP contribution in [0.1, 0.15) is 48.8 Å². The van der Waals surface area contributed by atoms with E-state index >= 15 is 0 Å². The Morgan fingerprint density at radius 1 is 1.18 bits per heavy atom. The highest BCUT2D eigenvalue weighted by molar-refractivity contribution is 5.83. The number of nitrogens with zero attached hydrogens (tertiary/aromatic N) is 1. The molecule has 0 bridgehead atoms. The molecule has 2 aliphatic rings. The maximum atomic E-state index is 12.8. The lowest BCUT2D eigenvalue weighted by molar-refractivity contribution is -0.145. The lowest BCUT2D eigenvalue weighted by Crippen LogP contribution is -2.55. The molecule has 1 N–H and O–H groups in total. The molecule has 1 aromatic heterocycles. The van der Waals surface area contributed by atoms with Crippen molar-refractivity contribution in [1.82, 2.24) is 4.90 Å². The van der Waals surface area contributed by atoms with E-state index in [0.29, 0.717) is 42.8 Å². The summed E-state index contributed by atoms with van der Waals surface area (Å²) in [4.78, 5) is 27.3. The van der Waals surface area contributed by atoms with E-state index in [4.69, 9.17) is 9.15 Å². The Hall–Kier alpha value is -3.12. The molecule has 5 rings (SSSR count). The Morgan fingerprint density at radius 3 is 2.82 bits per heavy atom. The summed E-state index contributed by atoms with van der Waals surface area (Å²) in [5.41, 5.74) is 2.09. The molecule has 1 aliphatic heterocycles. The van der Waals surface area contributed by atoms with E-state index in [-0.39, 0.29) is 24.1 Å². The number of hydrogen-bond acceptors (Lipinski definition) is 5. The van der Waals surface area contributed by atoms with Crippen molar-refractivity contribution in [3.05, 3.63) is 75.6 Å². The average molecular weight is 462 g/mol. The third kappa shape index (κ3) is 4.47. The molecule has 6 heteroatoms. The quantitative estimate of drug-likeness (QED) is 0.576. The molecule has 2 atom stereocenters. The lowest BCUT2D eigenvalue weighted by atomic mass is 9.71. The molecule has 2 heterocycles. The summed E-state index contributed by atoms with van der Waals surface area (Å²) in [6.45, 7) is 3.01. The van der Waals surface area contributed by atoms with Crippen LogP contribution in [0.25, 0.3) is 11.0 Å². The van der Waals surface area contributed by atoms with Gasteiger partial charge in [-0.1, -0.05) is 43.2 Å². The molecule has 1 saturated carbocycles. The smallest absolute Gasteiger partial charge is 0.340 e. The molecular formula is C28H31NO5. The zero-order valence-electron chi connectivity index (χ0n) is 19.6. The fraction of sp³-hybridized carbons (Fsp3) is 0.429. The zero-order chi connectivity index (χ0) is 23.7. The molecule has 34 heavy (non-hydrogen) atoms. The first-order chi connectivity index (χ1) is 16.4. The van der Waals surface area contributed by atoms with Gasteiger partial charge < -0.3 is 19.2 Å². The maximum absolute atomic E-state index is 12.8. The van der Waals surface area contributed by atoms with Crippen LogP contribution in [0, 0.1) is 12.8 Å². The highest BCUT2D eigenvalue weighted by Gasteiger charge is 2.43. The van der Waals surface area contributed by atoms with Crippen molar-refractivity contribution in [2.45, 2.75) is 51.0 Å². The standard InChI is InChI=1S/C28H31NO5/c1-19-23-11-10-22(16-25(23)34-27(31)24(19)15-20-7-3-2-4-8-20)33-18-26(30)29-14-13-28(32)12-6-5-9-21(28)17-29/h2-4,7-8,10-11,16,21,32H,5-6,9,12-15,17-18H2,1H3/t21-,28-/m1/s1. The Morgan fingerprint density at radius 2 is 2.00 bits per heavy atom. The van der Waals surface area contributed by atoms with E-state index in [2.05, 4.69) is 0 Å². The third-order valence-electron chi connectivity index (χ3n) is 7.63. The van der Waals surface area contributed by atoms with Gasteiger partial charge in [-0.15, -0.1) is 0 Å². The lowest BCUT2D eigenvalue weighted by Gasteiger charge is -2.47. The van der Waals surface area contributed by atoms with Crippen molar-refractivity contribution in [2.24, 2.45) is 5.92 Å². The second-order valence-corrected chi connectivity index (χ2v) is 9.74. The third-order valence-corrected chi connectivity index (χ3v) is 7.63. The minimum atomic E-state index is -0.608. The van der Waals surface area contributed by atoms with Gasteiger partial charge >= 0.3 is 5.63 Å². The van der Waals surface area contributed by atoms with Crippen molar-refractivity contribution in [1.29, 1.82) is 0 Å². The molecule has 178 valence electrons. The van der Waals surface area contributed by atoms with Crippen molar-refractivity contribution < 1.29 is 19.1 Å². The Kier molecular flexibility index (Phi) is 6.17. The number of piperidine rings is 1. The second kappa shape index (κ2) is 9.26. The minimum absolute atomic E-state index is 0.0774. The average Bonchev–Trinajstić information content (AvgIpc) is 2.85. The van der Waals surface area contributed by atoms with Gasteiger partial charge in [0.05, 0.1) is 5.60 Å². The molecule has 0 unspecified atom stereocenters. The van der Waals surface area contributed by atoms with Crippen LogP contribution in [-0.2, 0) is 11.2 Å². The molecule has 2 aromatic carbocycles. The largest absolute Gasteiger partial charge is 0.484 e. The van der Waals surface area contributed by atoms with Crippen LogP contribution in [0.2, 0.25) is 0 Å². The fourth-order valence-corrected chi connectivity index (χ4v) is 5.50. The molecule has 6 nitrogen and oxygen atoms in total. The normalized spacial score (nSPS) is 22.4. The number of amides is 1. The number of aliphatic hydroxyl groups is 1. The van der Waals surface area contributed by atoms with E-state index in [1.807, 2.05) is 54.3 Å². The molecule has 1 aliphatic carbocycles. The van der Waals surface area contributed by atoms with Crippen molar-refractivity contribution in [2.75, 3.05) is 19.7 Å². The monoisotopic (exact) mass is 461 g/mol. The van der Waals surface area contributed by atoms with Gasteiger partial charge in [-0.3, -0.25) is 4.79 Å². The summed E-state index contributed by atoms with van der Waals surface area (Å²) in [6.07, 6.45) is 5.13. The first kappa shape index (κ1) is 22.7. The van der Waals surface area contributed by atoms with E-state index in [0.717, 1.165) is 42.2 Å². The second-order valence-electron chi connectivity index (χ2n) is 9.74. The molecule has 1 saturated heterocycles. The number of likely N-dealkylation sites (tertiary alicyclic amines) is 1. The van der Waals surface area contributed by atoms with Crippen LogP contribution in [0.3, 0.4) is 0 Å². The van der Waals surface area contributed by atoms with Crippen molar-refractivity contribution in [3.8, 4) is 5.75 Å². The summed E-state index contributed by atoms with van der Waals surface area (Å²) in [6, 6.07) is 15.2. The predicted molar refractivity (Wildman–Crippen MR) is 130 cm³/mol.